The van der Waals surface area contributed by atoms with Crippen LogP contribution in [-0.2, 0) is 4.74 Å². The maximum Gasteiger partial charge on any atom is 0.0571 e. The number of nitrogens with zero attached hydrogens (tertiary/aromatic N) is 1. The molecule has 0 aromatic carbocycles. The van der Waals surface area contributed by atoms with E-state index in [1.807, 2.05) is 6.20 Å². The summed E-state index contributed by atoms with van der Waals surface area (Å²) < 4.78 is 5.02. The van der Waals surface area contributed by atoms with E-state index in [0.29, 0.717) is 6.04 Å². The van der Waals surface area contributed by atoms with Crippen LogP contribution >= 0.6 is 11.8 Å². The lowest BCUT2D eigenvalue weighted by atomic mass is 10.2. The first-order chi connectivity index (χ1) is 8.27. The summed E-state index contributed by atoms with van der Waals surface area (Å²) in [7, 11) is 1.73. The van der Waals surface area contributed by atoms with Gasteiger partial charge in [-0.3, -0.25) is 4.98 Å². The van der Waals surface area contributed by atoms with E-state index < -0.39 is 0 Å². The molecule has 1 heterocycles. The van der Waals surface area contributed by atoms with Crippen LogP contribution in [0.15, 0.2) is 23.2 Å². The Balaban J connectivity index is 2.43. The van der Waals surface area contributed by atoms with Crippen LogP contribution in [0.1, 0.15) is 32.0 Å². The number of nitrogens with one attached hydrogen (secondary N) is 1. The Morgan fingerprint density at radius 2 is 2.29 bits per heavy atom. The van der Waals surface area contributed by atoms with Crippen molar-refractivity contribution in [3.8, 4) is 0 Å². The third kappa shape index (κ3) is 5.52. The van der Waals surface area contributed by atoms with Crippen LogP contribution in [0.25, 0.3) is 0 Å². The lowest BCUT2D eigenvalue weighted by molar-refractivity contribution is 0.218. The van der Waals surface area contributed by atoms with Gasteiger partial charge in [-0.05, 0) is 32.0 Å². The minimum Gasteiger partial charge on any atom is -0.384 e. The highest BCUT2D eigenvalue weighted by atomic mass is 32.2. The number of hydrogen-bond donors (Lipinski definition) is 1. The first kappa shape index (κ1) is 14.5. The summed E-state index contributed by atoms with van der Waals surface area (Å²) in [6.07, 6.45) is 3.09. The number of rotatable bonds is 8. The molecule has 4 heteroatoms. The van der Waals surface area contributed by atoms with Gasteiger partial charge in [0.2, 0.25) is 0 Å². The predicted octanol–water partition coefficient (Wildman–Crippen LogP) is 2.88. The zero-order valence-corrected chi connectivity index (χ0v) is 11.7. The second-order valence-corrected chi connectivity index (χ2v) is 5.10. The second kappa shape index (κ2) is 8.50. The van der Waals surface area contributed by atoms with E-state index in [2.05, 4.69) is 36.3 Å². The largest absolute Gasteiger partial charge is 0.384 e. The van der Waals surface area contributed by atoms with E-state index in [0.717, 1.165) is 31.0 Å². The summed E-state index contributed by atoms with van der Waals surface area (Å²) in [5.74, 6) is 0.973. The van der Waals surface area contributed by atoms with E-state index in [1.54, 1.807) is 18.9 Å². The second-order valence-electron chi connectivity index (χ2n) is 3.94. The van der Waals surface area contributed by atoms with Gasteiger partial charge in [0.25, 0.3) is 0 Å². The first-order valence-corrected chi connectivity index (χ1v) is 7.07. The average Bonchev–Trinajstić information content (AvgIpc) is 2.37. The van der Waals surface area contributed by atoms with Crippen LogP contribution in [0, 0.1) is 0 Å². The van der Waals surface area contributed by atoms with Gasteiger partial charge in [-0.2, -0.15) is 0 Å². The van der Waals surface area contributed by atoms with Gasteiger partial charge in [-0.15, -0.1) is 11.8 Å². The van der Waals surface area contributed by atoms with Gasteiger partial charge in [0.15, 0.2) is 0 Å². The highest BCUT2D eigenvalue weighted by Gasteiger charge is 2.05. The van der Waals surface area contributed by atoms with Crippen molar-refractivity contribution in [1.82, 2.24) is 10.3 Å². The molecule has 1 unspecified atom stereocenters. The summed E-state index contributed by atoms with van der Waals surface area (Å²) in [6.45, 7) is 6.13. The van der Waals surface area contributed by atoms with Crippen molar-refractivity contribution in [3.05, 3.63) is 24.0 Å². The van der Waals surface area contributed by atoms with Gasteiger partial charge in [0.1, 0.15) is 0 Å². The quantitative estimate of drug-likeness (QED) is 0.571. The fourth-order valence-corrected chi connectivity index (χ4v) is 2.22. The molecule has 0 aliphatic carbocycles. The topological polar surface area (TPSA) is 34.1 Å². The zero-order chi connectivity index (χ0) is 12.5. The lowest BCUT2D eigenvalue weighted by Gasteiger charge is -2.12. The van der Waals surface area contributed by atoms with Crippen LogP contribution in [0.5, 0.6) is 0 Å². The zero-order valence-electron chi connectivity index (χ0n) is 10.9. The Bertz CT molecular complexity index is 303. The number of hydrogen-bond acceptors (Lipinski definition) is 4. The van der Waals surface area contributed by atoms with Crippen molar-refractivity contribution < 1.29 is 4.74 Å². The van der Waals surface area contributed by atoms with E-state index >= 15 is 0 Å². The van der Waals surface area contributed by atoms with Crippen molar-refractivity contribution in [3.63, 3.8) is 0 Å². The Morgan fingerprint density at radius 1 is 1.47 bits per heavy atom. The molecule has 3 nitrogen and oxygen atoms in total. The molecule has 0 amide bonds. The number of methoxy groups -OCH3 is 1. The Hall–Kier alpha value is -0.580. The Kier molecular flexibility index (Phi) is 7.24. The van der Waals surface area contributed by atoms with E-state index in [-0.39, 0.29) is 0 Å². The van der Waals surface area contributed by atoms with Crippen LogP contribution < -0.4 is 5.32 Å². The van der Waals surface area contributed by atoms with E-state index in [4.69, 9.17) is 4.74 Å². The minimum atomic E-state index is 0.327. The monoisotopic (exact) mass is 254 g/mol. The van der Waals surface area contributed by atoms with Crippen molar-refractivity contribution in [2.24, 2.45) is 0 Å². The molecule has 0 aliphatic heterocycles. The third-order valence-electron chi connectivity index (χ3n) is 2.46. The standard InChI is InChI=1S/C13H22N2OS/c1-4-7-14-11(2)13-6-5-12(10-15-13)17-9-8-16-3/h5-6,10-11,14H,4,7-9H2,1-3H3. The van der Waals surface area contributed by atoms with Crippen molar-refractivity contribution in [2.45, 2.75) is 31.2 Å². The maximum atomic E-state index is 5.02. The minimum absolute atomic E-state index is 0.327. The van der Waals surface area contributed by atoms with Crippen LogP contribution in [0.3, 0.4) is 0 Å². The molecule has 0 bridgehead atoms. The van der Waals surface area contributed by atoms with Crippen LogP contribution in [-0.4, -0.2) is 31.0 Å². The molecule has 96 valence electrons. The first-order valence-electron chi connectivity index (χ1n) is 6.09. The number of ether oxygens (including phenoxy) is 1. The normalized spacial score (nSPS) is 12.6. The molecular weight excluding hydrogens is 232 g/mol. The molecule has 1 aromatic heterocycles. The average molecular weight is 254 g/mol. The molecule has 1 aromatic rings. The SMILES string of the molecule is CCCNC(C)c1ccc(SCCOC)cn1. The summed E-state index contributed by atoms with van der Waals surface area (Å²) >= 11 is 1.78. The molecule has 17 heavy (non-hydrogen) atoms. The Labute approximate surface area is 108 Å². The fourth-order valence-electron chi connectivity index (χ4n) is 1.44. The number of pyridine rings is 1. The molecule has 0 spiro atoms. The van der Waals surface area contributed by atoms with E-state index in [1.165, 1.54) is 4.90 Å². The molecule has 0 saturated heterocycles. The third-order valence-corrected chi connectivity index (χ3v) is 3.41. The maximum absolute atomic E-state index is 5.02. The van der Waals surface area contributed by atoms with Gasteiger partial charge >= 0.3 is 0 Å². The van der Waals surface area contributed by atoms with Gasteiger partial charge < -0.3 is 10.1 Å². The highest BCUT2D eigenvalue weighted by molar-refractivity contribution is 7.99. The van der Waals surface area contributed by atoms with E-state index in [9.17, 15) is 0 Å². The molecule has 0 fully saturated rings. The lowest BCUT2D eigenvalue weighted by Crippen LogP contribution is -2.20. The fraction of sp³-hybridized carbons (Fsp3) is 0.615. The predicted molar refractivity (Wildman–Crippen MR) is 73.5 cm³/mol. The summed E-state index contributed by atoms with van der Waals surface area (Å²) in [4.78, 5) is 5.69. The van der Waals surface area contributed by atoms with Gasteiger partial charge in [0, 0.05) is 30.0 Å². The molecule has 1 atom stereocenters. The van der Waals surface area contributed by atoms with Gasteiger partial charge in [-0.25, -0.2) is 0 Å². The smallest absolute Gasteiger partial charge is 0.0571 e. The molecule has 1 rings (SSSR count). The number of thioether (sulfide) groups is 1. The van der Waals surface area contributed by atoms with Gasteiger partial charge in [-0.1, -0.05) is 6.92 Å². The molecule has 1 N–H and O–H groups in total. The highest BCUT2D eigenvalue weighted by Crippen LogP contribution is 2.18. The molecule has 0 radical (unpaired) electrons. The van der Waals surface area contributed by atoms with Crippen molar-refractivity contribution >= 4 is 11.8 Å². The van der Waals surface area contributed by atoms with Gasteiger partial charge in [0.05, 0.1) is 12.3 Å². The molecular formula is C13H22N2OS. The molecule has 0 saturated carbocycles. The summed E-state index contributed by atoms with van der Waals surface area (Å²) in [6, 6.07) is 4.56. The molecule has 0 aliphatic rings. The van der Waals surface area contributed by atoms with Crippen molar-refractivity contribution in [2.75, 3.05) is 26.0 Å². The summed E-state index contributed by atoms with van der Waals surface area (Å²) in [5, 5.41) is 3.43. The van der Waals surface area contributed by atoms with Crippen LogP contribution in [0.2, 0.25) is 0 Å². The van der Waals surface area contributed by atoms with Crippen LogP contribution in [0.4, 0.5) is 0 Å². The van der Waals surface area contributed by atoms with Crippen molar-refractivity contribution in [1.29, 1.82) is 0 Å². The number of aromatic nitrogens is 1. The Morgan fingerprint density at radius 3 is 2.88 bits per heavy atom. The summed E-state index contributed by atoms with van der Waals surface area (Å²) in [5.41, 5.74) is 1.11.